The lowest BCUT2D eigenvalue weighted by atomic mass is 10.4. The number of ketones is 1. The molecule has 1 N–H and O–H groups in total. The second kappa shape index (κ2) is 9.35. The van der Waals surface area contributed by atoms with Crippen molar-refractivity contribution in [1.82, 2.24) is 0 Å². The second-order valence-electron chi connectivity index (χ2n) is 1.16. The van der Waals surface area contributed by atoms with Crippen molar-refractivity contribution < 1.29 is 9.90 Å². The van der Waals surface area contributed by atoms with Gasteiger partial charge in [0, 0.05) is 6.42 Å². The van der Waals surface area contributed by atoms with Crippen molar-refractivity contribution in [3.8, 4) is 6.26 Å². The number of hydrogen-bond donors (Lipinski definition) is 1. The van der Waals surface area contributed by atoms with E-state index in [1.807, 2.05) is 6.92 Å². The van der Waals surface area contributed by atoms with E-state index in [9.17, 15) is 4.79 Å². The quantitative estimate of drug-likeness (QED) is 0.515. The van der Waals surface area contributed by atoms with Crippen molar-refractivity contribution in [3.05, 3.63) is 0 Å². The van der Waals surface area contributed by atoms with Gasteiger partial charge in [-0.05, 0) is 6.92 Å². The summed E-state index contributed by atoms with van der Waals surface area (Å²) in [6.07, 6.45) is 1.42. The van der Waals surface area contributed by atoms with Gasteiger partial charge in [-0.1, -0.05) is 6.92 Å². The van der Waals surface area contributed by atoms with E-state index in [1.165, 1.54) is 0 Å². The normalized spacial score (nSPS) is 5.62. The predicted octanol–water partition coefficient (Wildman–Crippen LogP) is 0.825. The Hall–Kier alpha value is -1.04. The van der Waals surface area contributed by atoms with Crippen LogP contribution in [0.15, 0.2) is 0 Å². The number of carbonyl (C=O) groups excluding carboxylic acids is 1. The lowest BCUT2D eigenvalue weighted by molar-refractivity contribution is -0.116. The van der Waals surface area contributed by atoms with Gasteiger partial charge in [-0.3, -0.25) is 0 Å². The SMILES string of the molecule is CCC(C)=O.N#CO. The monoisotopic (exact) mass is 115 g/mol. The van der Waals surface area contributed by atoms with Gasteiger partial charge in [0.25, 0.3) is 6.26 Å². The molecule has 0 aromatic heterocycles. The predicted molar refractivity (Wildman–Crippen MR) is 28.5 cm³/mol. The van der Waals surface area contributed by atoms with E-state index < -0.39 is 0 Å². The number of nitriles is 1. The van der Waals surface area contributed by atoms with Gasteiger partial charge in [0.2, 0.25) is 0 Å². The highest BCUT2D eigenvalue weighted by Gasteiger charge is 1.76. The van der Waals surface area contributed by atoms with Crippen LogP contribution in [0.25, 0.3) is 0 Å². The van der Waals surface area contributed by atoms with Crippen molar-refractivity contribution in [3.63, 3.8) is 0 Å². The Kier molecular flexibility index (Phi) is 11.7. The smallest absolute Gasteiger partial charge is 0.283 e. The molecular weight excluding hydrogens is 106 g/mol. The molecule has 0 aromatic carbocycles. The van der Waals surface area contributed by atoms with Gasteiger partial charge in [-0.25, -0.2) is 0 Å². The standard InChI is InChI=1S/C4H8O.CHNO/c1-3-4(2)5;2-1-3/h3H2,1-2H3;3H. The van der Waals surface area contributed by atoms with Crippen LogP contribution in [0, 0.1) is 11.5 Å². The van der Waals surface area contributed by atoms with E-state index in [4.69, 9.17) is 10.4 Å². The molecule has 0 saturated heterocycles. The number of rotatable bonds is 1. The Bertz CT molecular complexity index is 93.1. The highest BCUT2D eigenvalue weighted by molar-refractivity contribution is 5.74. The molecule has 46 valence electrons. The Morgan fingerprint density at radius 3 is 2.00 bits per heavy atom. The van der Waals surface area contributed by atoms with Crippen molar-refractivity contribution in [1.29, 1.82) is 5.26 Å². The lowest BCUT2D eigenvalue weighted by Crippen LogP contribution is -1.80. The average molecular weight is 115 g/mol. The summed E-state index contributed by atoms with van der Waals surface area (Å²) in [7, 11) is 0. The van der Waals surface area contributed by atoms with E-state index in [0.29, 0.717) is 6.42 Å². The summed E-state index contributed by atoms with van der Waals surface area (Å²) in [6, 6.07) is 0. The molecule has 0 radical (unpaired) electrons. The summed E-state index contributed by atoms with van der Waals surface area (Å²) < 4.78 is 0. The molecule has 0 aliphatic rings. The first-order valence-electron chi connectivity index (χ1n) is 2.21. The molecule has 3 nitrogen and oxygen atoms in total. The first-order valence-corrected chi connectivity index (χ1v) is 2.21. The van der Waals surface area contributed by atoms with Gasteiger partial charge < -0.3 is 9.90 Å². The molecule has 0 unspecified atom stereocenters. The fourth-order valence-corrected chi connectivity index (χ4v) is 0. The van der Waals surface area contributed by atoms with Crippen LogP contribution in [0.5, 0.6) is 0 Å². The molecule has 0 amide bonds. The number of carbonyl (C=O) groups is 1. The zero-order valence-corrected chi connectivity index (χ0v) is 5.01. The average Bonchev–Trinajstić information content (AvgIpc) is 1.69. The molecule has 0 spiro atoms. The van der Waals surface area contributed by atoms with Gasteiger partial charge in [0.05, 0.1) is 0 Å². The molecule has 0 rings (SSSR count). The number of aliphatic hydroxyl groups excluding tert-OH is 1. The Morgan fingerprint density at radius 1 is 1.88 bits per heavy atom. The number of hydrogen-bond acceptors (Lipinski definition) is 3. The molecule has 0 saturated carbocycles. The van der Waals surface area contributed by atoms with Crippen LogP contribution in [-0.4, -0.2) is 10.9 Å². The van der Waals surface area contributed by atoms with E-state index in [0.717, 1.165) is 6.26 Å². The molecule has 8 heavy (non-hydrogen) atoms. The Labute approximate surface area is 48.6 Å². The third-order valence-corrected chi connectivity index (χ3v) is 0.498. The molecule has 0 aliphatic heterocycles. The molecule has 0 aliphatic carbocycles. The molecule has 0 atom stereocenters. The minimum atomic E-state index is 0.255. The van der Waals surface area contributed by atoms with Crippen LogP contribution in [0.2, 0.25) is 0 Å². The molecule has 0 heterocycles. The fourth-order valence-electron chi connectivity index (χ4n) is 0. The van der Waals surface area contributed by atoms with Gasteiger partial charge in [0.15, 0.2) is 0 Å². The van der Waals surface area contributed by atoms with E-state index >= 15 is 0 Å². The third-order valence-electron chi connectivity index (χ3n) is 0.498. The summed E-state index contributed by atoms with van der Waals surface area (Å²) >= 11 is 0. The van der Waals surface area contributed by atoms with Crippen LogP contribution in [0.1, 0.15) is 20.3 Å². The van der Waals surface area contributed by atoms with Crippen molar-refractivity contribution in [2.45, 2.75) is 20.3 Å². The lowest BCUT2D eigenvalue weighted by Gasteiger charge is -1.71. The first kappa shape index (κ1) is 10.0. The van der Waals surface area contributed by atoms with Gasteiger partial charge in [0.1, 0.15) is 5.78 Å². The third kappa shape index (κ3) is 84.4. The van der Waals surface area contributed by atoms with E-state index in [1.54, 1.807) is 6.92 Å². The number of Topliss-reactive ketones (excluding diaryl/α,β-unsaturated/α-hetero) is 1. The molecule has 0 bridgehead atoms. The first-order chi connectivity index (χ1) is 3.68. The number of aliphatic hydroxyl groups is 1. The second-order valence-corrected chi connectivity index (χ2v) is 1.16. The highest BCUT2D eigenvalue weighted by Crippen LogP contribution is 1.71. The van der Waals surface area contributed by atoms with E-state index in [2.05, 4.69) is 0 Å². The summed E-state index contributed by atoms with van der Waals surface area (Å²) in [6.45, 7) is 3.43. The van der Waals surface area contributed by atoms with Gasteiger partial charge in [-0.2, -0.15) is 5.26 Å². The van der Waals surface area contributed by atoms with Crippen LogP contribution >= 0.6 is 0 Å². The largest absolute Gasteiger partial charge is 0.443 e. The summed E-state index contributed by atoms with van der Waals surface area (Å²) in [5.74, 6) is 0.255. The maximum absolute atomic E-state index is 9.81. The Balaban J connectivity index is 0. The molecule has 0 aromatic rings. The topological polar surface area (TPSA) is 61.1 Å². The minimum Gasteiger partial charge on any atom is -0.443 e. The maximum Gasteiger partial charge on any atom is 0.283 e. The van der Waals surface area contributed by atoms with Crippen LogP contribution < -0.4 is 0 Å². The minimum absolute atomic E-state index is 0.255. The zero-order chi connectivity index (χ0) is 6.99. The maximum atomic E-state index is 9.81. The fraction of sp³-hybridized carbons (Fsp3) is 0.600. The number of nitrogens with zero attached hydrogens (tertiary/aromatic N) is 1. The molecule has 3 heteroatoms. The van der Waals surface area contributed by atoms with Crippen molar-refractivity contribution >= 4 is 5.78 Å². The molecule has 0 fully saturated rings. The van der Waals surface area contributed by atoms with Crippen LogP contribution in [0.4, 0.5) is 0 Å². The Morgan fingerprint density at radius 2 is 2.00 bits per heavy atom. The van der Waals surface area contributed by atoms with Gasteiger partial charge >= 0.3 is 0 Å². The van der Waals surface area contributed by atoms with E-state index in [-0.39, 0.29) is 5.78 Å². The summed E-state index contributed by atoms with van der Waals surface area (Å²) in [5, 5.41) is 13.8. The van der Waals surface area contributed by atoms with Crippen LogP contribution in [-0.2, 0) is 4.79 Å². The van der Waals surface area contributed by atoms with Crippen LogP contribution in [0.3, 0.4) is 0 Å². The van der Waals surface area contributed by atoms with Crippen molar-refractivity contribution in [2.75, 3.05) is 0 Å². The summed E-state index contributed by atoms with van der Waals surface area (Å²) in [4.78, 5) is 9.81. The summed E-state index contributed by atoms with van der Waals surface area (Å²) in [5.41, 5.74) is 0. The highest BCUT2D eigenvalue weighted by atomic mass is 16.2. The zero-order valence-electron chi connectivity index (χ0n) is 5.01. The van der Waals surface area contributed by atoms with Gasteiger partial charge in [-0.15, -0.1) is 0 Å². The molecular formula is C5H9NO2. The van der Waals surface area contributed by atoms with Crippen molar-refractivity contribution in [2.24, 2.45) is 0 Å².